The monoisotopic (exact) mass is 351 g/mol. The normalized spacial score (nSPS) is 10.6. The van der Waals surface area contributed by atoms with Crippen molar-refractivity contribution in [1.29, 1.82) is 0 Å². The number of hydrogen-bond acceptors (Lipinski definition) is 5. The lowest BCUT2D eigenvalue weighted by molar-refractivity contribution is 0.0506. The molecule has 0 N–H and O–H groups in total. The Morgan fingerprint density at radius 1 is 1.04 bits per heavy atom. The summed E-state index contributed by atoms with van der Waals surface area (Å²) >= 11 is 0. The molecule has 0 spiro atoms. The predicted octanol–water partition coefficient (Wildman–Crippen LogP) is 4.49. The van der Waals surface area contributed by atoms with E-state index in [1.54, 1.807) is 20.3 Å². The number of aromatic nitrogens is 1. The van der Waals surface area contributed by atoms with Gasteiger partial charge in [0.15, 0.2) is 11.5 Å². The molecule has 5 nitrogen and oxygen atoms in total. The molecule has 2 aromatic carbocycles. The van der Waals surface area contributed by atoms with Gasteiger partial charge in [-0.15, -0.1) is 0 Å². The Morgan fingerprint density at radius 3 is 2.58 bits per heavy atom. The minimum atomic E-state index is -0.398. The van der Waals surface area contributed by atoms with E-state index >= 15 is 0 Å². The Labute approximate surface area is 152 Å². The van der Waals surface area contributed by atoms with Crippen LogP contribution in [0.4, 0.5) is 0 Å². The summed E-state index contributed by atoms with van der Waals surface area (Å²) in [6.45, 7) is 2.32. The van der Waals surface area contributed by atoms with E-state index in [0.717, 1.165) is 17.3 Å². The molecule has 0 bridgehead atoms. The number of esters is 1. The Morgan fingerprint density at radius 2 is 1.85 bits per heavy atom. The topological polar surface area (TPSA) is 57.7 Å². The van der Waals surface area contributed by atoms with Crippen molar-refractivity contribution in [2.24, 2.45) is 0 Å². The fourth-order valence-electron chi connectivity index (χ4n) is 2.82. The Bertz CT molecular complexity index is 936. The molecule has 0 saturated heterocycles. The summed E-state index contributed by atoms with van der Waals surface area (Å²) < 4.78 is 16.3. The van der Waals surface area contributed by atoms with Crippen LogP contribution in [0.5, 0.6) is 11.5 Å². The van der Waals surface area contributed by atoms with Gasteiger partial charge in [0, 0.05) is 10.9 Å². The third-order valence-electron chi connectivity index (χ3n) is 4.04. The zero-order valence-electron chi connectivity index (χ0n) is 15.1. The summed E-state index contributed by atoms with van der Waals surface area (Å²) in [5.41, 5.74) is 2.39. The van der Waals surface area contributed by atoms with Gasteiger partial charge >= 0.3 is 5.97 Å². The first-order chi connectivity index (χ1) is 12.7. The Balaban J connectivity index is 2.25. The number of pyridine rings is 1. The minimum Gasteiger partial charge on any atom is -0.493 e. The standard InChI is InChI=1S/C21H21NO4/c1-4-12-26-21(23)16-13-14-8-5-6-10-17(14)22-19(16)15-9-7-11-18(24-2)20(15)25-3/h5-11,13H,4,12H2,1-3H3. The van der Waals surface area contributed by atoms with E-state index in [2.05, 4.69) is 0 Å². The van der Waals surface area contributed by atoms with Crippen molar-refractivity contribution < 1.29 is 19.0 Å². The molecule has 0 saturated carbocycles. The van der Waals surface area contributed by atoms with E-state index in [1.807, 2.05) is 49.4 Å². The van der Waals surface area contributed by atoms with Gasteiger partial charge in [0.25, 0.3) is 0 Å². The van der Waals surface area contributed by atoms with Gasteiger partial charge in [-0.3, -0.25) is 0 Å². The first-order valence-corrected chi connectivity index (χ1v) is 8.47. The fourth-order valence-corrected chi connectivity index (χ4v) is 2.82. The summed E-state index contributed by atoms with van der Waals surface area (Å²) in [6, 6.07) is 15.0. The lowest BCUT2D eigenvalue weighted by Gasteiger charge is -2.15. The van der Waals surface area contributed by atoms with E-state index in [-0.39, 0.29) is 0 Å². The molecular weight excluding hydrogens is 330 g/mol. The maximum Gasteiger partial charge on any atom is 0.340 e. The lowest BCUT2D eigenvalue weighted by atomic mass is 10.0. The second-order valence-electron chi connectivity index (χ2n) is 5.75. The molecule has 3 rings (SSSR count). The van der Waals surface area contributed by atoms with Crippen LogP contribution in [0.3, 0.4) is 0 Å². The second-order valence-corrected chi connectivity index (χ2v) is 5.75. The van der Waals surface area contributed by atoms with Gasteiger partial charge in [0.1, 0.15) is 0 Å². The van der Waals surface area contributed by atoms with E-state index in [9.17, 15) is 4.79 Å². The zero-order valence-corrected chi connectivity index (χ0v) is 15.1. The molecule has 0 fully saturated rings. The molecule has 3 aromatic rings. The number of fused-ring (bicyclic) bond motifs is 1. The van der Waals surface area contributed by atoms with Gasteiger partial charge in [-0.05, 0) is 30.7 Å². The molecule has 0 aliphatic rings. The third-order valence-corrected chi connectivity index (χ3v) is 4.04. The van der Waals surface area contributed by atoms with E-state index < -0.39 is 5.97 Å². The van der Waals surface area contributed by atoms with Crippen molar-refractivity contribution in [3.63, 3.8) is 0 Å². The van der Waals surface area contributed by atoms with Gasteiger partial charge in [0.05, 0.1) is 37.6 Å². The molecule has 0 aliphatic heterocycles. The Kier molecular flexibility index (Phi) is 5.37. The van der Waals surface area contributed by atoms with Gasteiger partial charge in [0.2, 0.25) is 0 Å². The Hall–Kier alpha value is -3.08. The zero-order chi connectivity index (χ0) is 18.5. The molecular formula is C21H21NO4. The van der Waals surface area contributed by atoms with Crippen molar-refractivity contribution in [3.8, 4) is 22.8 Å². The molecule has 0 amide bonds. The molecule has 0 unspecified atom stereocenters. The van der Waals surface area contributed by atoms with Gasteiger partial charge in [-0.2, -0.15) is 0 Å². The first-order valence-electron chi connectivity index (χ1n) is 8.47. The first kappa shape index (κ1) is 17.7. The molecule has 0 atom stereocenters. The highest BCUT2D eigenvalue weighted by Gasteiger charge is 2.21. The van der Waals surface area contributed by atoms with Crippen LogP contribution in [-0.4, -0.2) is 31.8 Å². The SMILES string of the molecule is CCCOC(=O)c1cc2ccccc2nc1-c1cccc(OC)c1OC. The summed E-state index contributed by atoms with van der Waals surface area (Å²) in [6.07, 6.45) is 0.755. The number of rotatable bonds is 6. The predicted molar refractivity (Wildman–Crippen MR) is 101 cm³/mol. The number of ether oxygens (including phenoxy) is 3. The number of carbonyl (C=O) groups excluding carboxylic acids is 1. The highest BCUT2D eigenvalue weighted by molar-refractivity contribution is 6.01. The van der Waals surface area contributed by atoms with E-state index in [1.165, 1.54) is 0 Å². The van der Waals surface area contributed by atoms with Crippen LogP contribution >= 0.6 is 0 Å². The van der Waals surface area contributed by atoms with Crippen LogP contribution in [0.15, 0.2) is 48.5 Å². The highest BCUT2D eigenvalue weighted by Crippen LogP contribution is 2.39. The van der Waals surface area contributed by atoms with Crippen molar-refractivity contribution >= 4 is 16.9 Å². The van der Waals surface area contributed by atoms with E-state index in [4.69, 9.17) is 19.2 Å². The summed E-state index contributed by atoms with van der Waals surface area (Å²) in [4.78, 5) is 17.4. The van der Waals surface area contributed by atoms with Crippen molar-refractivity contribution in [2.45, 2.75) is 13.3 Å². The second kappa shape index (κ2) is 7.87. The number of methoxy groups -OCH3 is 2. The van der Waals surface area contributed by atoms with Crippen molar-refractivity contribution in [1.82, 2.24) is 4.98 Å². The molecule has 0 radical (unpaired) electrons. The average Bonchev–Trinajstić information content (AvgIpc) is 2.70. The number of hydrogen-bond donors (Lipinski definition) is 0. The smallest absolute Gasteiger partial charge is 0.340 e. The van der Waals surface area contributed by atoms with E-state index in [0.29, 0.717) is 34.9 Å². The van der Waals surface area contributed by atoms with Gasteiger partial charge < -0.3 is 14.2 Å². The van der Waals surface area contributed by atoms with Crippen LogP contribution in [0.1, 0.15) is 23.7 Å². The lowest BCUT2D eigenvalue weighted by Crippen LogP contribution is -2.09. The maximum absolute atomic E-state index is 12.7. The molecule has 5 heteroatoms. The van der Waals surface area contributed by atoms with Crippen LogP contribution in [0.2, 0.25) is 0 Å². The summed E-state index contributed by atoms with van der Waals surface area (Å²) in [7, 11) is 3.14. The van der Waals surface area contributed by atoms with Gasteiger partial charge in [-0.25, -0.2) is 9.78 Å². The fraction of sp³-hybridized carbons (Fsp3) is 0.238. The summed E-state index contributed by atoms with van der Waals surface area (Å²) in [5, 5.41) is 0.876. The number of benzene rings is 2. The number of carbonyl (C=O) groups is 1. The molecule has 134 valence electrons. The van der Waals surface area contributed by atoms with Crippen molar-refractivity contribution in [2.75, 3.05) is 20.8 Å². The molecule has 0 aliphatic carbocycles. The van der Waals surface area contributed by atoms with Crippen LogP contribution in [0.25, 0.3) is 22.2 Å². The average molecular weight is 351 g/mol. The third kappa shape index (κ3) is 3.33. The number of para-hydroxylation sites is 2. The van der Waals surface area contributed by atoms with Crippen molar-refractivity contribution in [3.05, 3.63) is 54.1 Å². The maximum atomic E-state index is 12.7. The van der Waals surface area contributed by atoms with Crippen LogP contribution < -0.4 is 9.47 Å². The van der Waals surface area contributed by atoms with Gasteiger partial charge in [-0.1, -0.05) is 31.2 Å². The summed E-state index contributed by atoms with van der Waals surface area (Å²) in [5.74, 6) is 0.708. The quantitative estimate of drug-likeness (QED) is 0.613. The molecule has 1 heterocycles. The number of nitrogens with zero attached hydrogens (tertiary/aromatic N) is 1. The highest BCUT2D eigenvalue weighted by atomic mass is 16.5. The molecule has 1 aromatic heterocycles. The van der Waals surface area contributed by atoms with Crippen LogP contribution in [-0.2, 0) is 4.74 Å². The largest absolute Gasteiger partial charge is 0.493 e. The molecule has 26 heavy (non-hydrogen) atoms. The van der Waals surface area contributed by atoms with Crippen LogP contribution in [0, 0.1) is 0 Å². The minimum absolute atomic E-state index is 0.361.